The Labute approximate surface area is 145 Å². The van der Waals surface area contributed by atoms with Gasteiger partial charge in [0.25, 0.3) is 5.91 Å². The third-order valence-corrected chi connectivity index (χ3v) is 5.46. The molecule has 1 aromatic heterocycles. The summed E-state index contributed by atoms with van der Waals surface area (Å²) >= 11 is 1.32. The summed E-state index contributed by atoms with van der Waals surface area (Å²) in [5.41, 5.74) is 0.845. The van der Waals surface area contributed by atoms with Gasteiger partial charge in [-0.2, -0.15) is 0 Å². The molecule has 126 valence electrons. The van der Waals surface area contributed by atoms with Crippen LogP contribution in [0.5, 0.6) is 0 Å². The van der Waals surface area contributed by atoms with Gasteiger partial charge in [-0.15, -0.1) is 0 Å². The number of carbonyl (C=O) groups excluding carboxylic acids is 2. The second-order valence-electron chi connectivity index (χ2n) is 5.88. The van der Waals surface area contributed by atoms with E-state index in [9.17, 15) is 9.59 Å². The molecule has 7 heteroatoms. The molecule has 3 rings (SSSR count). The van der Waals surface area contributed by atoms with E-state index in [4.69, 9.17) is 0 Å². The fourth-order valence-corrected chi connectivity index (χ4v) is 3.99. The molecule has 1 aliphatic heterocycles. The molecule has 0 bridgehead atoms. The maximum Gasteiger partial charge on any atom is 0.252 e. The summed E-state index contributed by atoms with van der Waals surface area (Å²) in [6.07, 6.45) is 6.14. The van der Waals surface area contributed by atoms with E-state index in [-0.39, 0.29) is 11.8 Å². The van der Waals surface area contributed by atoms with Crippen molar-refractivity contribution in [2.75, 3.05) is 18.5 Å². The van der Waals surface area contributed by atoms with E-state index >= 15 is 0 Å². The van der Waals surface area contributed by atoms with Gasteiger partial charge in [0.1, 0.15) is 0 Å². The molecule has 0 saturated carbocycles. The van der Waals surface area contributed by atoms with Crippen LogP contribution in [-0.4, -0.2) is 39.7 Å². The fourth-order valence-electron chi connectivity index (χ4n) is 2.71. The first kappa shape index (κ1) is 16.6. The van der Waals surface area contributed by atoms with Crippen LogP contribution in [0.2, 0.25) is 0 Å². The molecule has 0 fully saturated rings. The van der Waals surface area contributed by atoms with Crippen LogP contribution in [0.1, 0.15) is 13.3 Å². The van der Waals surface area contributed by atoms with Crippen LogP contribution in [0.25, 0.3) is 0 Å². The molecule has 0 spiro atoms. The van der Waals surface area contributed by atoms with E-state index in [1.165, 1.54) is 11.8 Å². The lowest BCUT2D eigenvalue weighted by atomic mass is 10.1. The average Bonchev–Trinajstić information content (AvgIpc) is 3.10. The molecule has 0 aliphatic carbocycles. The number of rotatable bonds is 5. The van der Waals surface area contributed by atoms with Crippen LogP contribution >= 0.6 is 11.8 Å². The van der Waals surface area contributed by atoms with Crippen molar-refractivity contribution >= 4 is 29.3 Å². The monoisotopic (exact) mass is 344 g/mol. The van der Waals surface area contributed by atoms with Crippen LogP contribution in [0, 0.1) is 0 Å². The largest absolute Gasteiger partial charge is 0.354 e. The number of thioether (sulfide) groups is 1. The summed E-state index contributed by atoms with van der Waals surface area (Å²) in [5, 5.41) is 2.90. The van der Waals surface area contributed by atoms with Gasteiger partial charge in [0.2, 0.25) is 5.91 Å². The van der Waals surface area contributed by atoms with Crippen molar-refractivity contribution in [3.63, 3.8) is 0 Å². The third-order valence-electron chi connectivity index (χ3n) is 4.12. The van der Waals surface area contributed by atoms with Gasteiger partial charge in [0.05, 0.1) is 12.0 Å². The van der Waals surface area contributed by atoms with Crippen LogP contribution in [0.15, 0.2) is 47.9 Å². The molecule has 0 saturated heterocycles. The second kappa shape index (κ2) is 6.68. The number of amides is 2. The minimum absolute atomic E-state index is 0.196. The molecule has 1 atom stereocenters. The summed E-state index contributed by atoms with van der Waals surface area (Å²) in [6.45, 7) is 2.99. The predicted octanol–water partition coefficient (Wildman–Crippen LogP) is 1.92. The number of benzene rings is 1. The van der Waals surface area contributed by atoms with Gasteiger partial charge in [-0.25, -0.2) is 4.98 Å². The normalized spacial score (nSPS) is 19.9. The van der Waals surface area contributed by atoms with Gasteiger partial charge < -0.3 is 14.8 Å². The minimum Gasteiger partial charge on any atom is -0.354 e. The van der Waals surface area contributed by atoms with Crippen molar-refractivity contribution in [1.82, 2.24) is 14.9 Å². The highest BCUT2D eigenvalue weighted by Crippen LogP contribution is 2.44. The second-order valence-corrected chi connectivity index (χ2v) is 7.34. The van der Waals surface area contributed by atoms with Crippen molar-refractivity contribution in [2.24, 2.45) is 0 Å². The van der Waals surface area contributed by atoms with E-state index in [1.807, 2.05) is 35.0 Å². The van der Waals surface area contributed by atoms with Crippen LogP contribution in [0.3, 0.4) is 0 Å². The molecule has 0 unspecified atom stereocenters. The van der Waals surface area contributed by atoms with E-state index in [2.05, 4.69) is 10.3 Å². The first-order valence-electron chi connectivity index (χ1n) is 7.82. The molecule has 24 heavy (non-hydrogen) atoms. The van der Waals surface area contributed by atoms with Crippen molar-refractivity contribution in [1.29, 1.82) is 0 Å². The predicted molar refractivity (Wildman–Crippen MR) is 94.0 cm³/mol. The zero-order chi connectivity index (χ0) is 17.2. The van der Waals surface area contributed by atoms with E-state index < -0.39 is 4.75 Å². The Morgan fingerprint density at radius 3 is 2.92 bits per heavy atom. The number of nitrogens with zero attached hydrogens (tertiary/aromatic N) is 3. The molecule has 0 radical (unpaired) electrons. The van der Waals surface area contributed by atoms with Gasteiger partial charge in [-0.1, -0.05) is 23.9 Å². The maximum absolute atomic E-state index is 12.7. The molecule has 2 heterocycles. The van der Waals surface area contributed by atoms with E-state index in [0.717, 1.165) is 23.5 Å². The Balaban J connectivity index is 1.64. The highest BCUT2D eigenvalue weighted by molar-refractivity contribution is 8.02. The molecule has 6 nitrogen and oxygen atoms in total. The number of aryl methyl sites for hydroxylation is 1. The zero-order valence-electron chi connectivity index (χ0n) is 13.7. The van der Waals surface area contributed by atoms with Crippen LogP contribution < -0.4 is 10.2 Å². The summed E-state index contributed by atoms with van der Waals surface area (Å²) in [6, 6.07) is 7.64. The third kappa shape index (κ3) is 3.03. The number of carbonyl (C=O) groups is 2. The average molecular weight is 344 g/mol. The molecule has 1 N–H and O–H groups in total. The lowest BCUT2D eigenvalue weighted by molar-refractivity contribution is -0.131. The van der Waals surface area contributed by atoms with Gasteiger partial charge in [0, 0.05) is 37.4 Å². The maximum atomic E-state index is 12.7. The SMILES string of the molecule is CN1C(=O)[C@@](C)(C(=O)NCCCn2ccnc2)Sc2ccccc21. The smallest absolute Gasteiger partial charge is 0.252 e. The van der Waals surface area contributed by atoms with Gasteiger partial charge in [0.15, 0.2) is 4.75 Å². The first-order chi connectivity index (χ1) is 11.5. The number of hydrogen-bond donors (Lipinski definition) is 1. The number of para-hydroxylation sites is 1. The molecule has 2 aromatic rings. The van der Waals surface area contributed by atoms with Crippen LogP contribution in [0.4, 0.5) is 5.69 Å². The van der Waals surface area contributed by atoms with E-state index in [0.29, 0.717) is 6.54 Å². The lowest BCUT2D eigenvalue weighted by Crippen LogP contribution is -2.55. The van der Waals surface area contributed by atoms with Crippen molar-refractivity contribution in [3.05, 3.63) is 43.0 Å². The standard InChI is InChI=1S/C17H20N4O2S/c1-17(15(22)19-8-5-10-21-11-9-18-12-21)16(23)20(2)13-6-3-4-7-14(13)24-17/h3-4,6-7,9,11-12H,5,8,10H2,1-2H3,(H,19,22)/t17-/m1/s1. The summed E-state index contributed by atoms with van der Waals surface area (Å²) in [7, 11) is 1.71. The Bertz CT molecular complexity index is 747. The van der Waals surface area contributed by atoms with E-state index in [1.54, 1.807) is 31.4 Å². The summed E-state index contributed by atoms with van der Waals surface area (Å²) in [5.74, 6) is -0.442. The highest BCUT2D eigenvalue weighted by Gasteiger charge is 2.47. The number of anilines is 1. The van der Waals surface area contributed by atoms with Gasteiger partial charge >= 0.3 is 0 Å². The number of imidazole rings is 1. The topological polar surface area (TPSA) is 67.2 Å². The Kier molecular flexibility index (Phi) is 4.62. The zero-order valence-corrected chi connectivity index (χ0v) is 14.5. The Morgan fingerprint density at radius 2 is 2.17 bits per heavy atom. The summed E-state index contributed by atoms with van der Waals surface area (Å²) < 4.78 is 0.816. The molecular weight excluding hydrogens is 324 g/mol. The number of hydrogen-bond acceptors (Lipinski definition) is 4. The lowest BCUT2D eigenvalue weighted by Gasteiger charge is -2.36. The number of fused-ring (bicyclic) bond motifs is 1. The highest BCUT2D eigenvalue weighted by atomic mass is 32.2. The number of nitrogens with one attached hydrogen (secondary N) is 1. The van der Waals surface area contributed by atoms with Crippen molar-refractivity contribution in [3.8, 4) is 0 Å². The Morgan fingerprint density at radius 1 is 1.38 bits per heavy atom. The fraction of sp³-hybridized carbons (Fsp3) is 0.353. The molecule has 2 amide bonds. The minimum atomic E-state index is -1.14. The number of aromatic nitrogens is 2. The first-order valence-corrected chi connectivity index (χ1v) is 8.64. The molecule has 1 aromatic carbocycles. The molecular formula is C17H20N4O2S. The summed E-state index contributed by atoms with van der Waals surface area (Å²) in [4.78, 5) is 31.8. The quantitative estimate of drug-likeness (QED) is 0.665. The van der Waals surface area contributed by atoms with Crippen LogP contribution in [-0.2, 0) is 16.1 Å². The Hall–Kier alpha value is -2.28. The van der Waals surface area contributed by atoms with Crippen molar-refractivity contribution in [2.45, 2.75) is 29.5 Å². The van der Waals surface area contributed by atoms with Crippen molar-refractivity contribution < 1.29 is 9.59 Å². The van der Waals surface area contributed by atoms with Gasteiger partial charge in [-0.05, 0) is 25.5 Å². The van der Waals surface area contributed by atoms with Gasteiger partial charge in [-0.3, -0.25) is 9.59 Å². The molecule has 1 aliphatic rings.